The Balaban J connectivity index is 1.79. The lowest BCUT2D eigenvalue weighted by atomic mass is 9.89. The van der Waals surface area contributed by atoms with Gasteiger partial charge in [0.2, 0.25) is 5.95 Å². The molecule has 4 nitrogen and oxygen atoms in total. The average molecular weight is 298 g/mol. The molecule has 0 radical (unpaired) electrons. The Hall–Kier alpha value is -1.84. The first-order valence-corrected chi connectivity index (χ1v) is 8.49. The number of anilines is 2. The first-order valence-electron chi connectivity index (χ1n) is 8.49. The van der Waals surface area contributed by atoms with Gasteiger partial charge < -0.3 is 10.6 Å². The minimum atomic E-state index is 0.351. The molecule has 0 bridgehead atoms. The van der Waals surface area contributed by atoms with E-state index in [2.05, 4.69) is 35.5 Å². The Morgan fingerprint density at radius 2 is 1.86 bits per heavy atom. The molecule has 1 aromatic heterocycles. The fourth-order valence-electron chi connectivity index (χ4n) is 3.17. The predicted octanol–water partition coefficient (Wildman–Crippen LogP) is 4.44. The SMILES string of the molecule is CC(C)Nc1nc(NCC2CCCCC2)nc2ccccc12. The number of nitrogens with zero attached hydrogens (tertiary/aromatic N) is 2. The minimum Gasteiger partial charge on any atom is -0.367 e. The van der Waals surface area contributed by atoms with Crippen LogP contribution in [0.3, 0.4) is 0 Å². The molecule has 0 aliphatic heterocycles. The van der Waals surface area contributed by atoms with Gasteiger partial charge >= 0.3 is 0 Å². The molecule has 118 valence electrons. The van der Waals surface area contributed by atoms with E-state index in [0.29, 0.717) is 6.04 Å². The summed E-state index contributed by atoms with van der Waals surface area (Å²) in [6, 6.07) is 8.54. The van der Waals surface area contributed by atoms with Crippen molar-refractivity contribution < 1.29 is 0 Å². The van der Waals surface area contributed by atoms with Crippen molar-refractivity contribution in [2.75, 3.05) is 17.2 Å². The maximum Gasteiger partial charge on any atom is 0.225 e. The number of hydrogen-bond acceptors (Lipinski definition) is 4. The maximum absolute atomic E-state index is 4.69. The van der Waals surface area contributed by atoms with E-state index in [0.717, 1.165) is 35.1 Å². The van der Waals surface area contributed by atoms with Crippen molar-refractivity contribution in [2.24, 2.45) is 5.92 Å². The van der Waals surface area contributed by atoms with E-state index >= 15 is 0 Å². The van der Waals surface area contributed by atoms with Crippen LogP contribution in [0.25, 0.3) is 10.9 Å². The van der Waals surface area contributed by atoms with Crippen molar-refractivity contribution in [3.8, 4) is 0 Å². The van der Waals surface area contributed by atoms with Crippen molar-refractivity contribution in [3.05, 3.63) is 24.3 Å². The third-order valence-electron chi connectivity index (χ3n) is 4.30. The Labute approximate surface area is 132 Å². The van der Waals surface area contributed by atoms with E-state index in [9.17, 15) is 0 Å². The zero-order valence-electron chi connectivity index (χ0n) is 13.6. The van der Waals surface area contributed by atoms with Crippen molar-refractivity contribution in [1.29, 1.82) is 0 Å². The van der Waals surface area contributed by atoms with Gasteiger partial charge in [-0.1, -0.05) is 31.4 Å². The number of para-hydroxylation sites is 1. The summed E-state index contributed by atoms with van der Waals surface area (Å²) < 4.78 is 0. The summed E-state index contributed by atoms with van der Waals surface area (Å²) in [6.45, 7) is 5.25. The van der Waals surface area contributed by atoms with Crippen LogP contribution in [0.15, 0.2) is 24.3 Å². The second-order valence-electron chi connectivity index (χ2n) is 6.60. The summed E-state index contributed by atoms with van der Waals surface area (Å²) in [5, 5.41) is 7.98. The van der Waals surface area contributed by atoms with Gasteiger partial charge in [-0.3, -0.25) is 0 Å². The lowest BCUT2D eigenvalue weighted by molar-refractivity contribution is 0.373. The predicted molar refractivity (Wildman–Crippen MR) is 93.4 cm³/mol. The molecule has 2 N–H and O–H groups in total. The molecule has 1 aliphatic carbocycles. The molecule has 1 saturated carbocycles. The molecule has 1 aromatic carbocycles. The van der Waals surface area contributed by atoms with E-state index in [-0.39, 0.29) is 0 Å². The van der Waals surface area contributed by atoms with Gasteiger partial charge in [0.1, 0.15) is 5.82 Å². The van der Waals surface area contributed by atoms with Crippen LogP contribution >= 0.6 is 0 Å². The molecule has 2 aromatic rings. The van der Waals surface area contributed by atoms with Crippen LogP contribution < -0.4 is 10.6 Å². The normalized spacial score (nSPS) is 16.1. The van der Waals surface area contributed by atoms with E-state index in [1.165, 1.54) is 32.1 Å². The van der Waals surface area contributed by atoms with E-state index < -0.39 is 0 Å². The molecule has 0 unspecified atom stereocenters. The Kier molecular flexibility index (Phi) is 4.76. The zero-order chi connectivity index (χ0) is 15.4. The summed E-state index contributed by atoms with van der Waals surface area (Å²) in [4.78, 5) is 9.36. The molecule has 0 saturated heterocycles. The second-order valence-corrected chi connectivity index (χ2v) is 6.60. The van der Waals surface area contributed by atoms with Crippen molar-refractivity contribution in [2.45, 2.75) is 52.0 Å². The maximum atomic E-state index is 4.69. The molecule has 1 heterocycles. The van der Waals surface area contributed by atoms with Crippen LogP contribution in [0, 0.1) is 5.92 Å². The van der Waals surface area contributed by atoms with Crippen LogP contribution in [-0.2, 0) is 0 Å². The fraction of sp³-hybridized carbons (Fsp3) is 0.556. The molecule has 22 heavy (non-hydrogen) atoms. The summed E-state index contributed by atoms with van der Waals surface area (Å²) in [5.41, 5.74) is 0.992. The summed E-state index contributed by atoms with van der Waals surface area (Å²) in [6.07, 6.45) is 6.79. The molecular weight excluding hydrogens is 272 g/mol. The highest BCUT2D eigenvalue weighted by Crippen LogP contribution is 2.25. The monoisotopic (exact) mass is 298 g/mol. The number of aromatic nitrogens is 2. The van der Waals surface area contributed by atoms with Crippen LogP contribution in [-0.4, -0.2) is 22.6 Å². The Morgan fingerprint density at radius 3 is 2.64 bits per heavy atom. The van der Waals surface area contributed by atoms with Crippen molar-refractivity contribution >= 4 is 22.7 Å². The summed E-state index contributed by atoms with van der Waals surface area (Å²) >= 11 is 0. The highest BCUT2D eigenvalue weighted by Gasteiger charge is 2.14. The van der Waals surface area contributed by atoms with Gasteiger partial charge in [-0.2, -0.15) is 4.98 Å². The largest absolute Gasteiger partial charge is 0.367 e. The molecule has 3 rings (SSSR count). The van der Waals surface area contributed by atoms with Crippen molar-refractivity contribution in [3.63, 3.8) is 0 Å². The highest BCUT2D eigenvalue weighted by molar-refractivity contribution is 5.90. The van der Waals surface area contributed by atoms with Gasteiger partial charge in [0.25, 0.3) is 0 Å². The number of rotatable bonds is 5. The molecule has 4 heteroatoms. The highest BCUT2D eigenvalue weighted by atomic mass is 15.1. The Bertz CT molecular complexity index is 618. The minimum absolute atomic E-state index is 0.351. The van der Waals surface area contributed by atoms with Gasteiger partial charge in [0, 0.05) is 18.0 Å². The van der Waals surface area contributed by atoms with Crippen LogP contribution in [0.1, 0.15) is 46.0 Å². The number of nitrogens with one attached hydrogen (secondary N) is 2. The zero-order valence-corrected chi connectivity index (χ0v) is 13.6. The fourth-order valence-corrected chi connectivity index (χ4v) is 3.17. The average Bonchev–Trinajstić information content (AvgIpc) is 2.53. The molecule has 0 spiro atoms. The topological polar surface area (TPSA) is 49.8 Å². The molecule has 0 atom stereocenters. The number of hydrogen-bond donors (Lipinski definition) is 2. The lowest BCUT2D eigenvalue weighted by Crippen LogP contribution is -2.19. The van der Waals surface area contributed by atoms with Gasteiger partial charge in [0.05, 0.1) is 5.52 Å². The Morgan fingerprint density at radius 1 is 1.09 bits per heavy atom. The van der Waals surface area contributed by atoms with Crippen LogP contribution in [0.4, 0.5) is 11.8 Å². The van der Waals surface area contributed by atoms with Gasteiger partial charge in [-0.05, 0) is 44.7 Å². The van der Waals surface area contributed by atoms with Crippen LogP contribution in [0.2, 0.25) is 0 Å². The standard InChI is InChI=1S/C18H26N4/c1-13(2)20-17-15-10-6-7-11-16(15)21-18(22-17)19-12-14-8-4-3-5-9-14/h6-7,10-11,13-14H,3-5,8-9,12H2,1-2H3,(H2,19,20,21,22). The first-order chi connectivity index (χ1) is 10.7. The number of fused-ring (bicyclic) bond motifs is 1. The van der Waals surface area contributed by atoms with Crippen LogP contribution in [0.5, 0.6) is 0 Å². The summed E-state index contributed by atoms with van der Waals surface area (Å²) in [5.74, 6) is 2.43. The third-order valence-corrected chi connectivity index (χ3v) is 4.30. The molecule has 1 aliphatic rings. The van der Waals surface area contributed by atoms with Crippen molar-refractivity contribution in [1.82, 2.24) is 9.97 Å². The van der Waals surface area contributed by atoms with E-state index in [1.807, 2.05) is 18.2 Å². The molecule has 1 fully saturated rings. The van der Waals surface area contributed by atoms with E-state index in [1.54, 1.807) is 0 Å². The lowest BCUT2D eigenvalue weighted by Gasteiger charge is -2.22. The number of benzene rings is 1. The van der Waals surface area contributed by atoms with E-state index in [4.69, 9.17) is 4.98 Å². The molecular formula is C18H26N4. The second kappa shape index (κ2) is 6.95. The smallest absolute Gasteiger partial charge is 0.225 e. The van der Waals surface area contributed by atoms with Gasteiger partial charge in [0.15, 0.2) is 0 Å². The summed E-state index contributed by atoms with van der Waals surface area (Å²) in [7, 11) is 0. The van der Waals surface area contributed by atoms with Gasteiger partial charge in [-0.15, -0.1) is 0 Å². The van der Waals surface area contributed by atoms with Gasteiger partial charge in [-0.25, -0.2) is 4.98 Å². The first kappa shape index (κ1) is 15.1. The quantitative estimate of drug-likeness (QED) is 0.856. The third kappa shape index (κ3) is 3.67. The molecule has 0 amide bonds.